The molecule has 1 unspecified atom stereocenters. The Morgan fingerprint density at radius 2 is 1.48 bits per heavy atom. The molecule has 0 saturated carbocycles. The number of rotatable bonds is 12. The highest BCUT2D eigenvalue weighted by molar-refractivity contribution is 5.92. The second-order valence-electron chi connectivity index (χ2n) is 6.12. The Kier molecular flexibility index (Phi) is 9.03. The molecular formula is C19H28O4. The van der Waals surface area contributed by atoms with E-state index in [1.165, 1.54) is 24.8 Å². The standard InChI is InChI=1S/C19H28O4/c1-2-3-4-6-10-16(15-11-7-5-8-12-15)13-9-14-17(18(20)21)19(22)23/h5,7-8,11-12,16-17H,2-4,6,9-10,13-14H2,1H3,(H,20,21)(H,22,23). The van der Waals surface area contributed by atoms with E-state index in [2.05, 4.69) is 19.1 Å². The van der Waals surface area contributed by atoms with E-state index in [1.807, 2.05) is 18.2 Å². The minimum Gasteiger partial charge on any atom is -0.481 e. The molecule has 1 aromatic carbocycles. The summed E-state index contributed by atoms with van der Waals surface area (Å²) < 4.78 is 0. The average Bonchev–Trinajstić information content (AvgIpc) is 2.53. The lowest BCUT2D eigenvalue weighted by Crippen LogP contribution is -2.23. The largest absolute Gasteiger partial charge is 0.481 e. The number of carboxylic acids is 2. The van der Waals surface area contributed by atoms with Crippen molar-refractivity contribution in [1.82, 2.24) is 0 Å². The zero-order valence-corrected chi connectivity index (χ0v) is 13.9. The molecule has 1 aromatic rings. The Labute approximate surface area is 138 Å². The summed E-state index contributed by atoms with van der Waals surface area (Å²) in [5.74, 6) is -3.38. The maximum atomic E-state index is 10.9. The molecule has 0 radical (unpaired) electrons. The molecule has 0 bridgehead atoms. The van der Waals surface area contributed by atoms with Gasteiger partial charge in [-0.25, -0.2) is 0 Å². The second kappa shape index (κ2) is 10.8. The lowest BCUT2D eigenvalue weighted by atomic mass is 9.87. The molecular weight excluding hydrogens is 292 g/mol. The fraction of sp³-hybridized carbons (Fsp3) is 0.579. The molecule has 0 saturated heterocycles. The van der Waals surface area contributed by atoms with E-state index < -0.39 is 17.9 Å². The quantitative estimate of drug-likeness (QED) is 0.432. The van der Waals surface area contributed by atoms with E-state index in [0.29, 0.717) is 12.3 Å². The average molecular weight is 320 g/mol. The molecule has 23 heavy (non-hydrogen) atoms. The third-order valence-electron chi connectivity index (χ3n) is 4.32. The van der Waals surface area contributed by atoms with Crippen molar-refractivity contribution in [1.29, 1.82) is 0 Å². The molecule has 2 N–H and O–H groups in total. The molecule has 0 amide bonds. The minimum atomic E-state index is -1.29. The van der Waals surface area contributed by atoms with Crippen molar-refractivity contribution in [2.24, 2.45) is 5.92 Å². The van der Waals surface area contributed by atoms with Crippen molar-refractivity contribution >= 4 is 11.9 Å². The first kappa shape index (κ1) is 19.2. The molecule has 0 aliphatic heterocycles. The number of hydrogen-bond acceptors (Lipinski definition) is 2. The van der Waals surface area contributed by atoms with Gasteiger partial charge in [0.1, 0.15) is 0 Å². The van der Waals surface area contributed by atoms with Crippen LogP contribution < -0.4 is 0 Å². The maximum Gasteiger partial charge on any atom is 0.317 e. The van der Waals surface area contributed by atoms with Crippen LogP contribution >= 0.6 is 0 Å². The van der Waals surface area contributed by atoms with Crippen LogP contribution in [0.4, 0.5) is 0 Å². The lowest BCUT2D eigenvalue weighted by Gasteiger charge is -2.18. The summed E-state index contributed by atoms with van der Waals surface area (Å²) in [6.45, 7) is 2.19. The SMILES string of the molecule is CCCCCCC(CCCC(C(=O)O)C(=O)O)c1ccccc1. The minimum absolute atomic E-state index is 0.197. The third kappa shape index (κ3) is 7.31. The molecule has 0 heterocycles. The van der Waals surface area contributed by atoms with E-state index in [1.54, 1.807) is 0 Å². The van der Waals surface area contributed by atoms with E-state index >= 15 is 0 Å². The van der Waals surface area contributed by atoms with Gasteiger partial charge in [0.05, 0.1) is 0 Å². The number of carboxylic acid groups (broad SMARTS) is 2. The number of benzene rings is 1. The van der Waals surface area contributed by atoms with Gasteiger partial charge in [0.15, 0.2) is 5.92 Å². The number of carbonyl (C=O) groups is 2. The van der Waals surface area contributed by atoms with Crippen LogP contribution in [0.2, 0.25) is 0 Å². The van der Waals surface area contributed by atoms with Crippen LogP contribution in [0, 0.1) is 5.92 Å². The summed E-state index contributed by atoms with van der Waals surface area (Å²) >= 11 is 0. The van der Waals surface area contributed by atoms with Crippen LogP contribution in [0.1, 0.15) is 69.8 Å². The molecule has 1 atom stereocenters. The van der Waals surface area contributed by atoms with E-state index in [-0.39, 0.29) is 6.42 Å². The predicted molar refractivity (Wildman–Crippen MR) is 90.6 cm³/mol. The lowest BCUT2D eigenvalue weighted by molar-refractivity contribution is -0.154. The predicted octanol–water partition coefficient (Wildman–Crippen LogP) is 4.70. The summed E-state index contributed by atoms with van der Waals surface area (Å²) in [6.07, 6.45) is 7.56. The van der Waals surface area contributed by atoms with Crippen molar-refractivity contribution in [3.05, 3.63) is 35.9 Å². The number of unbranched alkanes of at least 4 members (excludes halogenated alkanes) is 3. The molecule has 4 heteroatoms. The van der Waals surface area contributed by atoms with E-state index in [0.717, 1.165) is 19.3 Å². The van der Waals surface area contributed by atoms with Gasteiger partial charge in [-0.15, -0.1) is 0 Å². The van der Waals surface area contributed by atoms with E-state index in [4.69, 9.17) is 10.2 Å². The fourth-order valence-corrected chi connectivity index (χ4v) is 2.94. The highest BCUT2D eigenvalue weighted by Crippen LogP contribution is 2.28. The zero-order chi connectivity index (χ0) is 17.1. The van der Waals surface area contributed by atoms with Crippen LogP contribution in [-0.2, 0) is 9.59 Å². The monoisotopic (exact) mass is 320 g/mol. The Balaban J connectivity index is 2.55. The Bertz CT molecular complexity index is 456. The molecule has 0 spiro atoms. The van der Waals surface area contributed by atoms with Crippen LogP contribution in [0.3, 0.4) is 0 Å². The van der Waals surface area contributed by atoms with Crippen molar-refractivity contribution < 1.29 is 19.8 Å². The fourth-order valence-electron chi connectivity index (χ4n) is 2.94. The van der Waals surface area contributed by atoms with E-state index in [9.17, 15) is 9.59 Å². The first-order valence-corrected chi connectivity index (χ1v) is 8.56. The number of hydrogen-bond donors (Lipinski definition) is 2. The molecule has 0 aliphatic carbocycles. The Hall–Kier alpha value is -1.84. The van der Waals surface area contributed by atoms with Crippen LogP contribution in [0.5, 0.6) is 0 Å². The van der Waals surface area contributed by atoms with Gasteiger partial charge in [0.2, 0.25) is 0 Å². The highest BCUT2D eigenvalue weighted by Gasteiger charge is 2.25. The van der Waals surface area contributed by atoms with Crippen molar-refractivity contribution in [2.75, 3.05) is 0 Å². The first-order valence-electron chi connectivity index (χ1n) is 8.56. The normalized spacial score (nSPS) is 12.3. The zero-order valence-electron chi connectivity index (χ0n) is 13.9. The first-order chi connectivity index (χ1) is 11.1. The van der Waals surface area contributed by atoms with Gasteiger partial charge in [0.25, 0.3) is 0 Å². The van der Waals surface area contributed by atoms with Crippen molar-refractivity contribution in [2.45, 2.75) is 64.2 Å². The summed E-state index contributed by atoms with van der Waals surface area (Å²) in [7, 11) is 0. The van der Waals surface area contributed by atoms with Gasteiger partial charge in [-0.05, 0) is 30.7 Å². The summed E-state index contributed by atoms with van der Waals surface area (Å²) in [5, 5.41) is 17.9. The van der Waals surface area contributed by atoms with Gasteiger partial charge in [0, 0.05) is 0 Å². The van der Waals surface area contributed by atoms with Crippen LogP contribution in [0.25, 0.3) is 0 Å². The van der Waals surface area contributed by atoms with Gasteiger partial charge >= 0.3 is 11.9 Å². The number of aliphatic carboxylic acids is 2. The molecule has 4 nitrogen and oxygen atoms in total. The smallest absolute Gasteiger partial charge is 0.317 e. The Morgan fingerprint density at radius 3 is 2.04 bits per heavy atom. The molecule has 0 fully saturated rings. The van der Waals surface area contributed by atoms with Gasteiger partial charge in [-0.3, -0.25) is 9.59 Å². The van der Waals surface area contributed by atoms with Gasteiger partial charge in [-0.2, -0.15) is 0 Å². The van der Waals surface area contributed by atoms with Crippen molar-refractivity contribution in [3.63, 3.8) is 0 Å². The van der Waals surface area contributed by atoms with Crippen LogP contribution in [0.15, 0.2) is 30.3 Å². The second-order valence-corrected chi connectivity index (χ2v) is 6.12. The molecule has 128 valence electrons. The van der Waals surface area contributed by atoms with Gasteiger partial charge < -0.3 is 10.2 Å². The molecule has 1 rings (SSSR count). The summed E-state index contributed by atoms with van der Waals surface area (Å²) in [4.78, 5) is 21.9. The molecule has 0 aliphatic rings. The van der Waals surface area contributed by atoms with Gasteiger partial charge in [-0.1, -0.05) is 69.4 Å². The summed E-state index contributed by atoms with van der Waals surface area (Å²) in [6, 6.07) is 10.2. The Morgan fingerprint density at radius 1 is 0.870 bits per heavy atom. The van der Waals surface area contributed by atoms with Crippen LogP contribution in [-0.4, -0.2) is 22.2 Å². The highest BCUT2D eigenvalue weighted by atomic mass is 16.4. The van der Waals surface area contributed by atoms with Crippen molar-refractivity contribution in [3.8, 4) is 0 Å². The topological polar surface area (TPSA) is 74.6 Å². The summed E-state index contributed by atoms with van der Waals surface area (Å²) in [5.41, 5.74) is 1.27. The molecule has 0 aromatic heterocycles. The maximum absolute atomic E-state index is 10.9. The third-order valence-corrected chi connectivity index (χ3v) is 4.32.